The van der Waals surface area contributed by atoms with Crippen LogP contribution in [0.5, 0.6) is 5.75 Å². The average Bonchev–Trinajstić information content (AvgIpc) is 2.45. The summed E-state index contributed by atoms with van der Waals surface area (Å²) in [5.74, 6) is 1.67. The number of carbonyl (C=O) groups excluding carboxylic acids is 1. The van der Waals surface area contributed by atoms with Crippen LogP contribution in [0.3, 0.4) is 0 Å². The van der Waals surface area contributed by atoms with Crippen LogP contribution in [-0.4, -0.2) is 37.6 Å². The SMILES string of the molecule is COc1ccccc1CCNC(=O)[C@H](N)CCSC. The highest BCUT2D eigenvalue weighted by molar-refractivity contribution is 7.98. The topological polar surface area (TPSA) is 64.3 Å². The zero-order valence-corrected chi connectivity index (χ0v) is 12.3. The Morgan fingerprint density at radius 2 is 2.21 bits per heavy atom. The van der Waals surface area contributed by atoms with Crippen molar-refractivity contribution in [3.8, 4) is 5.75 Å². The lowest BCUT2D eigenvalue weighted by Gasteiger charge is -2.12. The third-order valence-corrected chi connectivity index (χ3v) is 3.50. The molecule has 0 aromatic heterocycles. The van der Waals surface area contributed by atoms with E-state index >= 15 is 0 Å². The van der Waals surface area contributed by atoms with E-state index in [9.17, 15) is 4.79 Å². The molecule has 0 radical (unpaired) electrons. The van der Waals surface area contributed by atoms with Gasteiger partial charge in [0.25, 0.3) is 0 Å². The van der Waals surface area contributed by atoms with Crippen LogP contribution in [0.4, 0.5) is 0 Å². The first-order valence-electron chi connectivity index (χ1n) is 6.33. The summed E-state index contributed by atoms with van der Waals surface area (Å²) in [5.41, 5.74) is 6.87. The molecule has 1 amide bonds. The van der Waals surface area contributed by atoms with E-state index in [-0.39, 0.29) is 5.91 Å². The lowest BCUT2D eigenvalue weighted by atomic mass is 10.1. The van der Waals surface area contributed by atoms with Crippen LogP contribution in [0.2, 0.25) is 0 Å². The summed E-state index contributed by atoms with van der Waals surface area (Å²) in [6.07, 6.45) is 3.46. The van der Waals surface area contributed by atoms with Gasteiger partial charge >= 0.3 is 0 Å². The second-order valence-corrected chi connectivity index (χ2v) is 5.23. The first-order chi connectivity index (χ1) is 9.19. The molecule has 19 heavy (non-hydrogen) atoms. The van der Waals surface area contributed by atoms with Crippen molar-refractivity contribution in [3.63, 3.8) is 0 Å². The lowest BCUT2D eigenvalue weighted by Crippen LogP contribution is -2.41. The first-order valence-corrected chi connectivity index (χ1v) is 7.72. The molecule has 0 unspecified atom stereocenters. The number of thioether (sulfide) groups is 1. The van der Waals surface area contributed by atoms with Gasteiger partial charge in [0.1, 0.15) is 5.75 Å². The number of hydrogen-bond donors (Lipinski definition) is 2. The number of benzene rings is 1. The van der Waals surface area contributed by atoms with Crippen LogP contribution in [0.1, 0.15) is 12.0 Å². The van der Waals surface area contributed by atoms with E-state index in [1.54, 1.807) is 18.9 Å². The van der Waals surface area contributed by atoms with E-state index in [0.29, 0.717) is 13.0 Å². The third kappa shape index (κ3) is 5.53. The fraction of sp³-hybridized carbons (Fsp3) is 0.500. The summed E-state index contributed by atoms with van der Waals surface area (Å²) >= 11 is 1.70. The Hall–Kier alpha value is -1.20. The number of para-hydroxylation sites is 1. The number of methoxy groups -OCH3 is 1. The van der Waals surface area contributed by atoms with Crippen LogP contribution < -0.4 is 15.8 Å². The van der Waals surface area contributed by atoms with Gasteiger partial charge in [-0.15, -0.1) is 0 Å². The molecule has 1 aromatic rings. The highest BCUT2D eigenvalue weighted by Gasteiger charge is 2.12. The van der Waals surface area contributed by atoms with Gasteiger partial charge in [0.15, 0.2) is 0 Å². The average molecular weight is 282 g/mol. The molecule has 0 spiro atoms. The van der Waals surface area contributed by atoms with Crippen LogP contribution in [0.25, 0.3) is 0 Å². The Balaban J connectivity index is 2.35. The van der Waals surface area contributed by atoms with E-state index in [0.717, 1.165) is 23.5 Å². The Bertz CT molecular complexity index is 399. The standard InChI is InChI=1S/C14H22N2O2S/c1-18-13-6-4-3-5-11(13)7-9-16-14(17)12(15)8-10-19-2/h3-6,12H,7-10,15H2,1-2H3,(H,16,17)/t12-/m1/s1. The maximum Gasteiger partial charge on any atom is 0.236 e. The number of amides is 1. The maximum absolute atomic E-state index is 11.7. The zero-order valence-electron chi connectivity index (χ0n) is 11.5. The molecule has 0 fully saturated rings. The number of ether oxygens (including phenoxy) is 1. The summed E-state index contributed by atoms with van der Waals surface area (Å²) in [6.45, 7) is 0.576. The molecule has 0 aliphatic heterocycles. The molecule has 0 saturated heterocycles. The molecular weight excluding hydrogens is 260 g/mol. The Labute approximate surface area is 119 Å². The quantitative estimate of drug-likeness (QED) is 0.757. The van der Waals surface area contributed by atoms with Gasteiger partial charge in [-0.05, 0) is 36.5 Å². The van der Waals surface area contributed by atoms with Gasteiger partial charge < -0.3 is 15.8 Å². The molecule has 3 N–H and O–H groups in total. The van der Waals surface area contributed by atoms with Gasteiger partial charge in [0.05, 0.1) is 13.2 Å². The summed E-state index contributed by atoms with van der Waals surface area (Å²) in [7, 11) is 1.65. The molecular formula is C14H22N2O2S. The third-order valence-electron chi connectivity index (χ3n) is 2.86. The van der Waals surface area contributed by atoms with Crippen LogP contribution in [-0.2, 0) is 11.2 Å². The highest BCUT2D eigenvalue weighted by atomic mass is 32.2. The minimum atomic E-state index is -0.412. The van der Waals surface area contributed by atoms with Crippen LogP contribution in [0, 0.1) is 0 Å². The van der Waals surface area contributed by atoms with Gasteiger partial charge in [-0.3, -0.25) is 4.79 Å². The second-order valence-electron chi connectivity index (χ2n) is 4.24. The molecule has 1 aromatic carbocycles. The van der Waals surface area contributed by atoms with Gasteiger partial charge in [0, 0.05) is 6.54 Å². The summed E-state index contributed by atoms with van der Waals surface area (Å²) in [5, 5.41) is 2.86. The minimum absolute atomic E-state index is 0.0797. The molecule has 4 nitrogen and oxygen atoms in total. The minimum Gasteiger partial charge on any atom is -0.496 e. The van der Waals surface area contributed by atoms with Crippen molar-refractivity contribution in [2.24, 2.45) is 5.73 Å². The van der Waals surface area contributed by atoms with E-state index in [1.807, 2.05) is 30.5 Å². The fourth-order valence-electron chi connectivity index (χ4n) is 1.74. The predicted molar refractivity (Wildman–Crippen MR) is 80.7 cm³/mol. The summed E-state index contributed by atoms with van der Waals surface area (Å²) < 4.78 is 5.26. The Kier molecular flexibility index (Phi) is 7.36. The van der Waals surface area contributed by atoms with Gasteiger partial charge in [-0.2, -0.15) is 11.8 Å². The summed E-state index contributed by atoms with van der Waals surface area (Å²) in [4.78, 5) is 11.7. The molecule has 0 saturated carbocycles. The molecule has 0 aliphatic carbocycles. The molecule has 1 atom stereocenters. The molecule has 0 aliphatic rings. The van der Waals surface area contributed by atoms with Gasteiger partial charge in [-0.25, -0.2) is 0 Å². The van der Waals surface area contributed by atoms with Crippen molar-refractivity contribution in [2.45, 2.75) is 18.9 Å². The van der Waals surface area contributed by atoms with Crippen molar-refractivity contribution in [1.29, 1.82) is 0 Å². The van der Waals surface area contributed by atoms with E-state index in [4.69, 9.17) is 10.5 Å². The number of nitrogens with two attached hydrogens (primary N) is 1. The Morgan fingerprint density at radius 3 is 2.89 bits per heavy atom. The molecule has 5 heteroatoms. The van der Waals surface area contributed by atoms with Crippen LogP contribution in [0.15, 0.2) is 24.3 Å². The highest BCUT2D eigenvalue weighted by Crippen LogP contribution is 2.17. The van der Waals surface area contributed by atoms with E-state index in [2.05, 4.69) is 5.32 Å². The van der Waals surface area contributed by atoms with Crippen molar-refractivity contribution >= 4 is 17.7 Å². The Morgan fingerprint density at radius 1 is 1.47 bits per heavy atom. The first kappa shape index (κ1) is 15.9. The normalized spacial score (nSPS) is 11.9. The van der Waals surface area contributed by atoms with Crippen LogP contribution >= 0.6 is 11.8 Å². The van der Waals surface area contributed by atoms with Crippen molar-refractivity contribution in [1.82, 2.24) is 5.32 Å². The zero-order chi connectivity index (χ0) is 14.1. The smallest absolute Gasteiger partial charge is 0.236 e. The number of nitrogens with one attached hydrogen (secondary N) is 1. The number of carbonyl (C=O) groups is 1. The molecule has 1 rings (SSSR count). The van der Waals surface area contributed by atoms with Crippen molar-refractivity contribution in [3.05, 3.63) is 29.8 Å². The summed E-state index contributed by atoms with van der Waals surface area (Å²) in [6, 6.07) is 7.40. The largest absolute Gasteiger partial charge is 0.496 e. The van der Waals surface area contributed by atoms with Gasteiger partial charge in [0.2, 0.25) is 5.91 Å². The molecule has 0 bridgehead atoms. The predicted octanol–water partition coefficient (Wildman–Crippen LogP) is 1.43. The second kappa shape index (κ2) is 8.82. The number of rotatable bonds is 8. The maximum atomic E-state index is 11.7. The lowest BCUT2D eigenvalue weighted by molar-refractivity contribution is -0.122. The molecule has 0 heterocycles. The van der Waals surface area contributed by atoms with E-state index in [1.165, 1.54) is 0 Å². The molecule has 106 valence electrons. The van der Waals surface area contributed by atoms with E-state index < -0.39 is 6.04 Å². The van der Waals surface area contributed by atoms with Gasteiger partial charge in [-0.1, -0.05) is 18.2 Å². The van der Waals surface area contributed by atoms with Crippen molar-refractivity contribution in [2.75, 3.05) is 25.7 Å². The monoisotopic (exact) mass is 282 g/mol. The fourth-order valence-corrected chi connectivity index (χ4v) is 2.23. The number of hydrogen-bond acceptors (Lipinski definition) is 4. The van der Waals surface area contributed by atoms with Crippen molar-refractivity contribution < 1.29 is 9.53 Å².